The van der Waals surface area contributed by atoms with Crippen LogP contribution in [0.2, 0.25) is 0 Å². The summed E-state index contributed by atoms with van der Waals surface area (Å²) in [6.45, 7) is 6.63. The Hall–Kier alpha value is -2.05. The zero-order chi connectivity index (χ0) is 16.2. The second-order valence-electron chi connectivity index (χ2n) is 6.39. The van der Waals surface area contributed by atoms with Crippen LogP contribution in [0.4, 0.5) is 5.69 Å². The molecule has 0 bridgehead atoms. The predicted octanol–water partition coefficient (Wildman–Crippen LogP) is 1.97. The number of aromatic nitrogens is 3. The summed E-state index contributed by atoms with van der Waals surface area (Å²) in [4.78, 5) is 9.29. The molecule has 126 valence electrons. The fraction of sp³-hybridized carbons (Fsp3) is 0.500. The summed E-state index contributed by atoms with van der Waals surface area (Å²) in [5.74, 6) is 0. The van der Waals surface area contributed by atoms with E-state index in [0.717, 1.165) is 63.0 Å². The summed E-state index contributed by atoms with van der Waals surface area (Å²) in [5, 5.41) is 8.72. The van der Waals surface area contributed by atoms with E-state index in [1.54, 1.807) is 0 Å². The highest BCUT2D eigenvalue weighted by Gasteiger charge is 2.14. The molecule has 0 atom stereocenters. The van der Waals surface area contributed by atoms with E-state index >= 15 is 0 Å². The molecule has 4 heterocycles. The molecule has 0 N–H and O–H groups in total. The Balaban J connectivity index is 1.42. The third kappa shape index (κ3) is 3.55. The standard InChI is InChI=1S/C18H23N5O/c1-2-8-23(7-1)16-4-6-17(19-13-16)18-5-3-15(20-21-18)14-22-9-11-24-12-10-22/h3-6,13H,1-2,7-12,14H2. The summed E-state index contributed by atoms with van der Waals surface area (Å²) < 4.78 is 5.37. The van der Waals surface area contributed by atoms with Crippen LogP contribution in [-0.4, -0.2) is 59.5 Å². The van der Waals surface area contributed by atoms with Gasteiger partial charge in [0.05, 0.1) is 36.5 Å². The monoisotopic (exact) mass is 325 g/mol. The van der Waals surface area contributed by atoms with Crippen molar-refractivity contribution in [1.82, 2.24) is 20.1 Å². The minimum absolute atomic E-state index is 0.804. The SMILES string of the molecule is c1cc(-c2ccc(CN3CCOCC3)nn2)ncc1N1CCCC1. The molecule has 2 aliphatic rings. The smallest absolute Gasteiger partial charge is 0.111 e. The highest BCUT2D eigenvalue weighted by molar-refractivity contribution is 5.57. The molecule has 6 nitrogen and oxygen atoms in total. The molecule has 0 aliphatic carbocycles. The topological polar surface area (TPSA) is 54.4 Å². The first-order chi connectivity index (χ1) is 11.9. The van der Waals surface area contributed by atoms with E-state index in [1.165, 1.54) is 18.5 Å². The number of rotatable bonds is 4. The Labute approximate surface area is 142 Å². The lowest BCUT2D eigenvalue weighted by atomic mass is 10.2. The van der Waals surface area contributed by atoms with Gasteiger partial charge in [0.15, 0.2) is 0 Å². The van der Waals surface area contributed by atoms with E-state index < -0.39 is 0 Å². The van der Waals surface area contributed by atoms with E-state index in [1.807, 2.05) is 24.4 Å². The zero-order valence-electron chi connectivity index (χ0n) is 13.9. The van der Waals surface area contributed by atoms with Gasteiger partial charge in [0.2, 0.25) is 0 Å². The number of hydrogen-bond donors (Lipinski definition) is 0. The van der Waals surface area contributed by atoms with Gasteiger partial charge in [0, 0.05) is 32.7 Å². The van der Waals surface area contributed by atoms with Crippen LogP contribution >= 0.6 is 0 Å². The summed E-state index contributed by atoms with van der Waals surface area (Å²) >= 11 is 0. The summed E-state index contributed by atoms with van der Waals surface area (Å²) in [5.41, 5.74) is 3.90. The average Bonchev–Trinajstić information content (AvgIpc) is 3.18. The number of nitrogens with zero attached hydrogens (tertiary/aromatic N) is 5. The normalized spacial score (nSPS) is 18.9. The van der Waals surface area contributed by atoms with Gasteiger partial charge >= 0.3 is 0 Å². The number of hydrogen-bond acceptors (Lipinski definition) is 6. The lowest BCUT2D eigenvalue weighted by Gasteiger charge is -2.25. The number of anilines is 1. The Bertz CT molecular complexity index is 646. The first-order valence-electron chi connectivity index (χ1n) is 8.72. The van der Waals surface area contributed by atoms with Gasteiger partial charge in [0.25, 0.3) is 0 Å². The van der Waals surface area contributed by atoms with Gasteiger partial charge in [0.1, 0.15) is 5.69 Å². The first kappa shape index (κ1) is 15.5. The molecule has 0 amide bonds. The molecule has 0 spiro atoms. The van der Waals surface area contributed by atoms with Gasteiger partial charge in [-0.25, -0.2) is 0 Å². The van der Waals surface area contributed by atoms with E-state index in [-0.39, 0.29) is 0 Å². The van der Waals surface area contributed by atoms with Crippen molar-refractivity contribution >= 4 is 5.69 Å². The molecule has 2 saturated heterocycles. The lowest BCUT2D eigenvalue weighted by molar-refractivity contribution is 0.0335. The van der Waals surface area contributed by atoms with Crippen LogP contribution in [0.3, 0.4) is 0 Å². The fourth-order valence-corrected chi connectivity index (χ4v) is 3.27. The third-order valence-corrected chi connectivity index (χ3v) is 4.69. The largest absolute Gasteiger partial charge is 0.379 e. The Kier molecular flexibility index (Phi) is 4.66. The molecule has 2 aliphatic heterocycles. The van der Waals surface area contributed by atoms with Crippen LogP contribution in [0.5, 0.6) is 0 Å². The van der Waals surface area contributed by atoms with Crippen molar-refractivity contribution < 1.29 is 4.74 Å². The molecule has 0 radical (unpaired) electrons. The maximum absolute atomic E-state index is 5.37. The van der Waals surface area contributed by atoms with Gasteiger partial charge in [-0.3, -0.25) is 9.88 Å². The van der Waals surface area contributed by atoms with Gasteiger partial charge in [-0.05, 0) is 37.1 Å². The van der Waals surface area contributed by atoms with Crippen LogP contribution in [-0.2, 0) is 11.3 Å². The van der Waals surface area contributed by atoms with E-state index in [0.29, 0.717) is 0 Å². The van der Waals surface area contributed by atoms with Gasteiger partial charge in [-0.15, -0.1) is 5.10 Å². The summed E-state index contributed by atoms with van der Waals surface area (Å²) in [6.07, 6.45) is 4.50. The molecule has 6 heteroatoms. The number of morpholine rings is 1. The molecule has 2 fully saturated rings. The molecular formula is C18H23N5O. The fourth-order valence-electron chi connectivity index (χ4n) is 3.27. The van der Waals surface area contributed by atoms with Crippen LogP contribution in [0.15, 0.2) is 30.5 Å². The van der Waals surface area contributed by atoms with Crippen molar-refractivity contribution in [3.8, 4) is 11.4 Å². The van der Waals surface area contributed by atoms with Crippen molar-refractivity contribution in [1.29, 1.82) is 0 Å². The molecule has 0 unspecified atom stereocenters. The molecule has 4 rings (SSSR count). The lowest BCUT2D eigenvalue weighted by Crippen LogP contribution is -2.35. The van der Waals surface area contributed by atoms with Crippen molar-refractivity contribution in [2.75, 3.05) is 44.3 Å². The first-order valence-corrected chi connectivity index (χ1v) is 8.72. The Morgan fingerprint density at radius 3 is 2.33 bits per heavy atom. The van der Waals surface area contributed by atoms with E-state index in [4.69, 9.17) is 4.74 Å². The minimum atomic E-state index is 0.804. The third-order valence-electron chi connectivity index (χ3n) is 4.69. The van der Waals surface area contributed by atoms with Crippen molar-refractivity contribution in [2.45, 2.75) is 19.4 Å². The highest BCUT2D eigenvalue weighted by Crippen LogP contribution is 2.22. The molecule has 24 heavy (non-hydrogen) atoms. The van der Waals surface area contributed by atoms with Crippen LogP contribution in [0.1, 0.15) is 18.5 Å². The zero-order valence-corrected chi connectivity index (χ0v) is 13.9. The van der Waals surface area contributed by atoms with E-state index in [2.05, 4.69) is 31.0 Å². The van der Waals surface area contributed by atoms with Gasteiger partial charge < -0.3 is 9.64 Å². The van der Waals surface area contributed by atoms with Crippen molar-refractivity contribution in [2.24, 2.45) is 0 Å². The molecule has 2 aromatic heterocycles. The average molecular weight is 325 g/mol. The predicted molar refractivity (Wildman–Crippen MR) is 92.8 cm³/mol. The maximum atomic E-state index is 5.37. The van der Waals surface area contributed by atoms with Crippen molar-refractivity contribution in [3.63, 3.8) is 0 Å². The Morgan fingerprint density at radius 2 is 1.67 bits per heavy atom. The molecule has 0 aromatic carbocycles. The number of ether oxygens (including phenoxy) is 1. The quantitative estimate of drug-likeness (QED) is 0.857. The van der Waals surface area contributed by atoms with Gasteiger partial charge in [-0.1, -0.05) is 0 Å². The number of pyridine rings is 1. The Morgan fingerprint density at radius 1 is 0.875 bits per heavy atom. The molecule has 0 saturated carbocycles. The summed E-state index contributed by atoms with van der Waals surface area (Å²) in [6, 6.07) is 8.24. The molecule has 2 aromatic rings. The van der Waals surface area contributed by atoms with Crippen LogP contribution in [0.25, 0.3) is 11.4 Å². The summed E-state index contributed by atoms with van der Waals surface area (Å²) in [7, 11) is 0. The second kappa shape index (κ2) is 7.23. The second-order valence-corrected chi connectivity index (χ2v) is 6.39. The van der Waals surface area contributed by atoms with E-state index in [9.17, 15) is 0 Å². The van der Waals surface area contributed by atoms with Crippen molar-refractivity contribution in [3.05, 3.63) is 36.2 Å². The minimum Gasteiger partial charge on any atom is -0.379 e. The maximum Gasteiger partial charge on any atom is 0.111 e. The van der Waals surface area contributed by atoms with Crippen LogP contribution < -0.4 is 4.90 Å². The highest BCUT2D eigenvalue weighted by atomic mass is 16.5. The van der Waals surface area contributed by atoms with Gasteiger partial charge in [-0.2, -0.15) is 5.10 Å². The van der Waals surface area contributed by atoms with Crippen LogP contribution in [0, 0.1) is 0 Å². The molecular weight excluding hydrogens is 302 g/mol.